The molecule has 0 spiro atoms. The van der Waals surface area contributed by atoms with Crippen LogP contribution in [0.1, 0.15) is 49.9 Å². The molecule has 0 fully saturated rings. The van der Waals surface area contributed by atoms with Crippen molar-refractivity contribution in [3.63, 3.8) is 0 Å². The van der Waals surface area contributed by atoms with E-state index < -0.39 is 5.91 Å². The van der Waals surface area contributed by atoms with Crippen molar-refractivity contribution in [2.24, 2.45) is 5.10 Å². The maximum absolute atomic E-state index is 11.8. The summed E-state index contributed by atoms with van der Waals surface area (Å²) in [5.41, 5.74) is 3.35. The van der Waals surface area contributed by atoms with Gasteiger partial charge in [-0.3, -0.25) is 4.79 Å². The van der Waals surface area contributed by atoms with Crippen molar-refractivity contribution in [1.29, 1.82) is 0 Å². The van der Waals surface area contributed by atoms with Gasteiger partial charge >= 0.3 is 0 Å². The molecule has 0 heterocycles. The minimum atomic E-state index is -0.530. The van der Waals surface area contributed by atoms with Crippen LogP contribution in [0, 0.1) is 0 Å². The van der Waals surface area contributed by atoms with E-state index in [-0.39, 0.29) is 17.1 Å². The number of phenols is 2. The number of hydrogen-bond acceptors (Lipinski definition) is 4. The zero-order chi connectivity index (χ0) is 14.3. The molecule has 1 aromatic carbocycles. The number of aromatic hydroxyl groups is 2. The molecule has 0 saturated heterocycles. The molecule has 1 amide bonds. The molecule has 0 aliphatic rings. The lowest BCUT2D eigenvalue weighted by Crippen LogP contribution is -2.19. The van der Waals surface area contributed by atoms with Gasteiger partial charge in [-0.15, -0.1) is 0 Å². The number of nitrogens with one attached hydrogen (secondary N) is 1. The number of hydrazone groups is 1. The van der Waals surface area contributed by atoms with Crippen molar-refractivity contribution in [2.75, 3.05) is 0 Å². The molecule has 1 aromatic rings. The molecule has 0 bridgehead atoms. The molecule has 0 aliphatic heterocycles. The average Bonchev–Trinajstić information content (AvgIpc) is 2.39. The lowest BCUT2D eigenvalue weighted by atomic mass is 10.1. The Kier molecular flexibility index (Phi) is 5.85. The summed E-state index contributed by atoms with van der Waals surface area (Å²) >= 11 is 0. The Labute approximate surface area is 113 Å². The highest BCUT2D eigenvalue weighted by Gasteiger charge is 2.11. The van der Waals surface area contributed by atoms with E-state index in [4.69, 9.17) is 0 Å². The molecule has 19 heavy (non-hydrogen) atoms. The molecule has 5 nitrogen and oxygen atoms in total. The molecule has 3 N–H and O–H groups in total. The van der Waals surface area contributed by atoms with Gasteiger partial charge in [0.05, 0.1) is 5.56 Å². The molecular formula is C14H20N2O3. The van der Waals surface area contributed by atoms with Crippen LogP contribution in [0.4, 0.5) is 0 Å². The Morgan fingerprint density at radius 2 is 1.84 bits per heavy atom. The highest BCUT2D eigenvalue weighted by atomic mass is 16.3. The zero-order valence-corrected chi connectivity index (χ0v) is 11.3. The van der Waals surface area contributed by atoms with Gasteiger partial charge in [-0.05, 0) is 31.0 Å². The smallest absolute Gasteiger partial charge is 0.275 e. The van der Waals surface area contributed by atoms with E-state index >= 15 is 0 Å². The van der Waals surface area contributed by atoms with Crippen LogP contribution in [0.25, 0.3) is 0 Å². The standard InChI is InChI=1S/C14H20N2O3/c1-3-5-10(6-4-2)15-16-14(19)12-9-11(17)7-8-13(12)18/h7-9,17-18H,3-6H2,1-2H3,(H,16,19). The second-order valence-corrected chi connectivity index (χ2v) is 4.32. The second kappa shape index (κ2) is 7.41. The first-order valence-electron chi connectivity index (χ1n) is 6.46. The molecule has 0 aliphatic carbocycles. The van der Waals surface area contributed by atoms with Gasteiger partial charge in [0.25, 0.3) is 5.91 Å². The van der Waals surface area contributed by atoms with Crippen LogP contribution in [0.15, 0.2) is 23.3 Å². The van der Waals surface area contributed by atoms with E-state index in [0.29, 0.717) is 0 Å². The third-order valence-electron chi connectivity index (χ3n) is 2.62. The minimum absolute atomic E-state index is 0.0103. The van der Waals surface area contributed by atoms with Gasteiger partial charge in [0.1, 0.15) is 11.5 Å². The van der Waals surface area contributed by atoms with Crippen LogP contribution in [-0.2, 0) is 0 Å². The fraction of sp³-hybridized carbons (Fsp3) is 0.429. The Bertz CT molecular complexity index is 462. The first-order chi connectivity index (χ1) is 9.08. The van der Waals surface area contributed by atoms with E-state index in [2.05, 4.69) is 10.5 Å². The fourth-order valence-electron chi connectivity index (χ4n) is 1.71. The van der Waals surface area contributed by atoms with Crippen LogP contribution in [0.3, 0.4) is 0 Å². The Morgan fingerprint density at radius 1 is 1.21 bits per heavy atom. The number of amides is 1. The highest BCUT2D eigenvalue weighted by Crippen LogP contribution is 2.21. The average molecular weight is 264 g/mol. The summed E-state index contributed by atoms with van der Waals surface area (Å²) in [6.07, 6.45) is 3.60. The number of carbonyl (C=O) groups excluding carboxylic acids is 1. The normalized spacial score (nSPS) is 10.0. The SMILES string of the molecule is CCCC(CCC)=NNC(=O)c1cc(O)ccc1O. The van der Waals surface area contributed by atoms with Crippen LogP contribution >= 0.6 is 0 Å². The van der Waals surface area contributed by atoms with Crippen molar-refractivity contribution >= 4 is 11.6 Å². The van der Waals surface area contributed by atoms with Crippen LogP contribution in [-0.4, -0.2) is 21.8 Å². The molecule has 0 saturated carbocycles. The molecule has 0 atom stereocenters. The Balaban J connectivity index is 2.78. The summed E-state index contributed by atoms with van der Waals surface area (Å²) in [5.74, 6) is -0.787. The summed E-state index contributed by atoms with van der Waals surface area (Å²) in [4.78, 5) is 11.8. The zero-order valence-electron chi connectivity index (χ0n) is 11.3. The molecule has 0 aromatic heterocycles. The number of hydrogen-bond donors (Lipinski definition) is 3. The van der Waals surface area contributed by atoms with Crippen molar-refractivity contribution < 1.29 is 15.0 Å². The number of phenolic OH excluding ortho intramolecular Hbond substituents is 2. The monoisotopic (exact) mass is 264 g/mol. The van der Waals surface area contributed by atoms with Crippen molar-refractivity contribution in [3.8, 4) is 11.5 Å². The van der Waals surface area contributed by atoms with E-state index in [1.54, 1.807) is 0 Å². The van der Waals surface area contributed by atoms with Gasteiger partial charge in [0.15, 0.2) is 0 Å². The van der Waals surface area contributed by atoms with Gasteiger partial charge in [-0.25, -0.2) is 5.43 Å². The quantitative estimate of drug-likeness (QED) is 0.420. The van der Waals surface area contributed by atoms with E-state index in [0.717, 1.165) is 31.4 Å². The first kappa shape index (κ1) is 15.0. The lowest BCUT2D eigenvalue weighted by Gasteiger charge is -2.06. The van der Waals surface area contributed by atoms with Gasteiger partial charge in [0.2, 0.25) is 0 Å². The molecule has 1 rings (SSSR count). The number of rotatable bonds is 6. The third-order valence-corrected chi connectivity index (χ3v) is 2.62. The summed E-state index contributed by atoms with van der Waals surface area (Å²) in [6, 6.07) is 3.79. The predicted octanol–water partition coefficient (Wildman–Crippen LogP) is 2.78. The fourth-order valence-corrected chi connectivity index (χ4v) is 1.71. The molecule has 0 radical (unpaired) electrons. The van der Waals surface area contributed by atoms with Crippen LogP contribution in [0.2, 0.25) is 0 Å². The van der Waals surface area contributed by atoms with E-state index in [1.807, 2.05) is 13.8 Å². The Hall–Kier alpha value is -2.04. The Morgan fingerprint density at radius 3 is 2.42 bits per heavy atom. The number of benzene rings is 1. The minimum Gasteiger partial charge on any atom is -0.508 e. The molecule has 0 unspecified atom stereocenters. The topological polar surface area (TPSA) is 81.9 Å². The van der Waals surface area contributed by atoms with Crippen molar-refractivity contribution in [2.45, 2.75) is 39.5 Å². The van der Waals surface area contributed by atoms with Gasteiger partial charge in [0, 0.05) is 5.71 Å². The number of nitrogens with zero attached hydrogens (tertiary/aromatic N) is 1. The molecular weight excluding hydrogens is 244 g/mol. The molecule has 5 heteroatoms. The maximum atomic E-state index is 11.8. The van der Waals surface area contributed by atoms with E-state index in [9.17, 15) is 15.0 Å². The summed E-state index contributed by atoms with van der Waals surface area (Å²) < 4.78 is 0. The lowest BCUT2D eigenvalue weighted by molar-refractivity contribution is 0.0951. The predicted molar refractivity (Wildman–Crippen MR) is 74.5 cm³/mol. The summed E-state index contributed by atoms with van der Waals surface area (Å²) in [6.45, 7) is 4.10. The largest absolute Gasteiger partial charge is 0.508 e. The second-order valence-electron chi connectivity index (χ2n) is 4.32. The van der Waals surface area contributed by atoms with Crippen molar-refractivity contribution in [3.05, 3.63) is 23.8 Å². The highest BCUT2D eigenvalue weighted by molar-refractivity contribution is 5.98. The number of carbonyl (C=O) groups is 1. The third kappa shape index (κ3) is 4.62. The first-order valence-corrected chi connectivity index (χ1v) is 6.46. The van der Waals surface area contributed by atoms with Gasteiger partial charge in [-0.2, -0.15) is 5.10 Å². The van der Waals surface area contributed by atoms with Crippen LogP contribution < -0.4 is 5.43 Å². The van der Waals surface area contributed by atoms with E-state index in [1.165, 1.54) is 18.2 Å². The molecule has 104 valence electrons. The maximum Gasteiger partial charge on any atom is 0.275 e. The van der Waals surface area contributed by atoms with Gasteiger partial charge in [-0.1, -0.05) is 26.7 Å². The summed E-state index contributed by atoms with van der Waals surface area (Å²) in [7, 11) is 0. The van der Waals surface area contributed by atoms with Crippen molar-refractivity contribution in [1.82, 2.24) is 5.43 Å². The van der Waals surface area contributed by atoms with Gasteiger partial charge < -0.3 is 10.2 Å². The van der Waals surface area contributed by atoms with Crippen LogP contribution in [0.5, 0.6) is 11.5 Å². The summed E-state index contributed by atoms with van der Waals surface area (Å²) in [5, 5.41) is 22.9.